The predicted molar refractivity (Wildman–Crippen MR) is 63.8 cm³/mol. The molecule has 0 saturated carbocycles. The summed E-state index contributed by atoms with van der Waals surface area (Å²) in [5.74, 6) is -2.34. The Bertz CT molecular complexity index is 561. The Morgan fingerprint density at radius 2 is 2.18 bits per heavy atom. The monoisotopic (exact) mass is 251 g/mol. The number of guanidine groups is 1. The molecule has 1 aromatic rings. The Balaban J connectivity index is 3.20. The van der Waals surface area contributed by atoms with Crippen LogP contribution in [0.2, 0.25) is 0 Å². The summed E-state index contributed by atoms with van der Waals surface area (Å²) in [7, 11) is -0.465. The minimum absolute atomic E-state index is 0.121. The van der Waals surface area contributed by atoms with Gasteiger partial charge in [0.05, 0.1) is 0 Å². The Labute approximate surface area is 98.5 Å². The molecule has 0 saturated heterocycles. The molecule has 0 aliphatic heterocycles. The molecule has 17 heavy (non-hydrogen) atoms. The molecule has 0 aliphatic carbocycles. The Kier molecular flexibility index (Phi) is 4.52. The maximum atomic E-state index is 10.9. The zero-order valence-corrected chi connectivity index (χ0v) is 9.59. The first-order valence-corrected chi connectivity index (χ1v) is 5.36. The number of aliphatic imine (C=N–C) groups is 1. The Morgan fingerprint density at radius 3 is 2.71 bits per heavy atom. The van der Waals surface area contributed by atoms with Crippen molar-refractivity contribution < 1.29 is 14.5 Å². The maximum absolute atomic E-state index is 10.9. The molecular formula is C10H10N3O3P. The third kappa shape index (κ3) is 3.79. The molecule has 7 heteroatoms. The van der Waals surface area contributed by atoms with E-state index in [0.717, 1.165) is 0 Å². The van der Waals surface area contributed by atoms with Crippen molar-refractivity contribution in [2.75, 3.05) is 0 Å². The first-order valence-electron chi connectivity index (χ1n) is 4.55. The summed E-state index contributed by atoms with van der Waals surface area (Å²) in [5, 5.41) is 8.94. The third-order valence-electron chi connectivity index (χ3n) is 1.89. The summed E-state index contributed by atoms with van der Waals surface area (Å²) in [6, 6.07) is 6.30. The van der Waals surface area contributed by atoms with Crippen molar-refractivity contribution in [3.63, 3.8) is 0 Å². The Hall–Kier alpha value is -2.03. The second-order valence-electron chi connectivity index (χ2n) is 3.12. The van der Waals surface area contributed by atoms with E-state index >= 15 is 0 Å². The topological polar surface area (TPSA) is 119 Å². The number of carboxylic acids is 1. The van der Waals surface area contributed by atoms with E-state index in [1.165, 1.54) is 6.07 Å². The third-order valence-corrected chi connectivity index (χ3v) is 2.25. The van der Waals surface area contributed by atoms with Crippen molar-refractivity contribution >= 4 is 25.5 Å². The number of benzene rings is 1. The van der Waals surface area contributed by atoms with E-state index in [4.69, 9.17) is 16.6 Å². The number of carbonyl (C=O) groups is 1. The molecule has 6 nitrogen and oxygen atoms in total. The van der Waals surface area contributed by atoms with Crippen LogP contribution >= 0.6 is 7.92 Å². The minimum atomic E-state index is -1.14. The molecule has 1 atom stereocenters. The van der Waals surface area contributed by atoms with E-state index in [-0.39, 0.29) is 5.96 Å². The van der Waals surface area contributed by atoms with Crippen molar-refractivity contribution in [1.29, 1.82) is 0 Å². The van der Waals surface area contributed by atoms with Gasteiger partial charge in [0.1, 0.15) is 0 Å². The zero-order chi connectivity index (χ0) is 12.8. The average Bonchev–Trinajstić information content (AvgIpc) is 2.24. The van der Waals surface area contributed by atoms with Gasteiger partial charge in [-0.1, -0.05) is 0 Å². The van der Waals surface area contributed by atoms with Gasteiger partial charge in [-0.3, -0.25) is 0 Å². The van der Waals surface area contributed by atoms with E-state index in [0.29, 0.717) is 11.3 Å². The van der Waals surface area contributed by atoms with Crippen LogP contribution in [0.15, 0.2) is 29.3 Å². The van der Waals surface area contributed by atoms with Crippen LogP contribution in [-0.4, -0.2) is 17.0 Å². The van der Waals surface area contributed by atoms with Gasteiger partial charge in [-0.25, -0.2) is 0 Å². The van der Waals surface area contributed by atoms with Crippen molar-refractivity contribution in [2.45, 2.75) is 5.92 Å². The van der Waals surface area contributed by atoms with E-state index in [9.17, 15) is 9.36 Å². The number of carboxylic acid groups (broad SMARTS) is 1. The van der Waals surface area contributed by atoms with Gasteiger partial charge in [0, 0.05) is 0 Å². The first-order chi connectivity index (χ1) is 8.04. The molecule has 0 bridgehead atoms. The van der Waals surface area contributed by atoms with Crippen LogP contribution in [0.1, 0.15) is 11.5 Å². The van der Waals surface area contributed by atoms with E-state index in [2.05, 4.69) is 10.6 Å². The summed E-state index contributed by atoms with van der Waals surface area (Å²) in [6.07, 6.45) is 0. The number of rotatable bonds is 3. The number of hydrogen-bond donors (Lipinski definition) is 3. The van der Waals surface area contributed by atoms with Gasteiger partial charge in [-0.2, -0.15) is 0 Å². The van der Waals surface area contributed by atoms with Gasteiger partial charge in [0.2, 0.25) is 0 Å². The number of nitrogens with zero attached hydrogens (tertiary/aromatic N) is 1. The molecule has 0 spiro atoms. The summed E-state index contributed by atoms with van der Waals surface area (Å²) in [4.78, 5) is 14.7. The van der Waals surface area contributed by atoms with Gasteiger partial charge in [0.25, 0.3) is 0 Å². The number of aliphatic carboxylic acids is 1. The summed E-state index contributed by atoms with van der Waals surface area (Å²) in [5.41, 5.74) is 13.5. The van der Waals surface area contributed by atoms with Gasteiger partial charge in [-0.15, -0.1) is 0 Å². The molecule has 1 aromatic carbocycles. The van der Waals surface area contributed by atoms with Gasteiger partial charge >= 0.3 is 97.8 Å². The molecule has 1 rings (SSSR count). The molecular weight excluding hydrogens is 241 g/mol. The van der Waals surface area contributed by atoms with E-state index < -0.39 is 19.8 Å². The number of hydrogen-bond acceptors (Lipinski definition) is 3. The van der Waals surface area contributed by atoms with Gasteiger partial charge in [0.15, 0.2) is 0 Å². The quantitative estimate of drug-likeness (QED) is 0.420. The molecule has 88 valence electrons. The molecule has 5 N–H and O–H groups in total. The van der Waals surface area contributed by atoms with E-state index in [1.807, 2.05) is 0 Å². The average molecular weight is 251 g/mol. The standard InChI is InChI=1S/C10H10N3O3P/c11-10(12)13-7-3-1-2-6(4-7)8(5-17-16)9(14)15/h1-4,8H,(H,14,15)(H4,11,12,13). The van der Waals surface area contributed by atoms with Gasteiger partial charge in [-0.05, 0) is 0 Å². The van der Waals surface area contributed by atoms with Crippen molar-refractivity contribution in [3.8, 4) is 5.63 Å². The number of nitrogens with two attached hydrogens (primary N) is 2. The molecule has 0 radical (unpaired) electrons. The molecule has 0 aliphatic rings. The predicted octanol–water partition coefficient (Wildman–Crippen LogP) is 1.01. The summed E-state index contributed by atoms with van der Waals surface area (Å²) >= 11 is 0. The second-order valence-corrected chi connectivity index (χ2v) is 3.56. The molecule has 0 amide bonds. The molecule has 0 fully saturated rings. The molecule has 0 heterocycles. The van der Waals surface area contributed by atoms with E-state index in [1.54, 1.807) is 18.2 Å². The zero-order valence-electron chi connectivity index (χ0n) is 8.70. The second kappa shape index (κ2) is 5.89. The fourth-order valence-corrected chi connectivity index (χ4v) is 1.61. The summed E-state index contributed by atoms with van der Waals surface area (Å²) < 4.78 is 10.4. The SMILES string of the molecule is NC(N)=Nc1cccc(C(C#P=O)C(=O)O)c1. The van der Waals surface area contributed by atoms with Crippen molar-refractivity contribution in [2.24, 2.45) is 16.5 Å². The first kappa shape index (κ1) is 13.0. The van der Waals surface area contributed by atoms with Crippen LogP contribution in [0.25, 0.3) is 0 Å². The van der Waals surface area contributed by atoms with Crippen LogP contribution < -0.4 is 11.5 Å². The van der Waals surface area contributed by atoms with Crippen LogP contribution in [0, 0.1) is 5.63 Å². The van der Waals surface area contributed by atoms with Crippen LogP contribution in [-0.2, 0) is 9.36 Å². The van der Waals surface area contributed by atoms with Crippen LogP contribution in [0.5, 0.6) is 0 Å². The van der Waals surface area contributed by atoms with Crippen molar-refractivity contribution in [3.05, 3.63) is 29.8 Å². The molecule has 0 aromatic heterocycles. The normalized spacial score (nSPS) is 11.1. The van der Waals surface area contributed by atoms with Crippen molar-refractivity contribution in [1.82, 2.24) is 0 Å². The molecule has 1 unspecified atom stereocenters. The fourth-order valence-electron chi connectivity index (χ4n) is 1.25. The van der Waals surface area contributed by atoms with Crippen LogP contribution in [0.4, 0.5) is 5.69 Å². The summed E-state index contributed by atoms with van der Waals surface area (Å²) in [6.45, 7) is 0. The van der Waals surface area contributed by atoms with Gasteiger partial charge < -0.3 is 0 Å². The van der Waals surface area contributed by atoms with Crippen LogP contribution in [0.3, 0.4) is 0 Å². The Morgan fingerprint density at radius 1 is 1.47 bits per heavy atom. The fraction of sp³-hybridized carbons (Fsp3) is 0.100.